The summed E-state index contributed by atoms with van der Waals surface area (Å²) in [6.07, 6.45) is 6.24. The summed E-state index contributed by atoms with van der Waals surface area (Å²) in [5.74, 6) is 1.92. The number of nitrogens with zero attached hydrogens (tertiary/aromatic N) is 4. The second-order valence-corrected chi connectivity index (χ2v) is 12.4. The Morgan fingerprint density at radius 2 is 1.00 bits per heavy atom. The Morgan fingerprint density at radius 3 is 1.47 bits per heavy atom. The monoisotopic (exact) mass is 753 g/mol. The zero-order valence-corrected chi connectivity index (χ0v) is 28.8. The number of hydrogen-bond acceptors (Lipinski definition) is 3. The minimum Gasteiger partial charge on any atom is -0.656 e. The van der Waals surface area contributed by atoms with Crippen LogP contribution in [0.2, 0.25) is 0 Å². The molecule has 0 bridgehead atoms. The Labute approximate surface area is 273 Å². The predicted octanol–water partition coefficient (Wildman–Crippen LogP) is 10.4. The average Bonchev–Trinajstić information content (AvgIpc) is 3.61. The molecule has 3 heterocycles. The van der Waals surface area contributed by atoms with Crippen LogP contribution in [-0.4, -0.2) is 4.98 Å². The summed E-state index contributed by atoms with van der Waals surface area (Å²) in [6.45, 7) is 20.5. The maximum Gasteiger partial charge on any atom is 0.0543 e. The van der Waals surface area contributed by atoms with Crippen molar-refractivity contribution in [3.8, 4) is 0 Å². The number of hydrogen-bond donors (Lipinski definition) is 0. The normalized spacial score (nSPS) is 13.0. The van der Waals surface area contributed by atoms with Gasteiger partial charge in [-0.2, -0.15) is 0 Å². The molecule has 0 amide bonds. The van der Waals surface area contributed by atoms with Gasteiger partial charge in [-0.25, -0.2) is 0 Å². The number of fused-ring (bicyclic) bond motifs is 3. The predicted molar refractivity (Wildman–Crippen MR) is 180 cm³/mol. The van der Waals surface area contributed by atoms with Crippen molar-refractivity contribution in [2.75, 3.05) is 9.80 Å². The largest absolute Gasteiger partial charge is 0.656 e. The molecule has 5 heteroatoms. The molecular formula is C38H44AuN4-2. The quantitative estimate of drug-likeness (QED) is 0.128. The Kier molecular flexibility index (Phi) is 10.6. The summed E-state index contributed by atoms with van der Waals surface area (Å²) < 4.78 is 0. The van der Waals surface area contributed by atoms with Crippen LogP contribution in [0.15, 0.2) is 91.4 Å². The van der Waals surface area contributed by atoms with Crippen LogP contribution in [0.5, 0.6) is 0 Å². The molecule has 0 aliphatic carbocycles. The summed E-state index contributed by atoms with van der Waals surface area (Å²) in [6, 6.07) is 25.5. The van der Waals surface area contributed by atoms with Gasteiger partial charge in [0.25, 0.3) is 0 Å². The van der Waals surface area contributed by atoms with Gasteiger partial charge in [0.05, 0.1) is 5.52 Å². The maximum absolute atomic E-state index is 4.45. The van der Waals surface area contributed by atoms with E-state index in [9.17, 15) is 0 Å². The van der Waals surface area contributed by atoms with E-state index in [4.69, 9.17) is 0 Å². The molecule has 0 saturated heterocycles. The molecule has 5 aromatic rings. The summed E-state index contributed by atoms with van der Waals surface area (Å²) in [7, 11) is 0. The minimum atomic E-state index is 0. The maximum atomic E-state index is 4.45. The van der Waals surface area contributed by atoms with E-state index in [1.165, 1.54) is 33.6 Å². The number of benzene rings is 3. The van der Waals surface area contributed by atoms with Crippen LogP contribution >= 0.6 is 0 Å². The first kappa shape index (κ1) is 32.6. The molecule has 43 heavy (non-hydrogen) atoms. The molecule has 0 saturated carbocycles. The molecule has 2 aromatic heterocycles. The topological polar surface area (TPSA) is 33.5 Å². The van der Waals surface area contributed by atoms with Gasteiger partial charge in [0, 0.05) is 40.0 Å². The van der Waals surface area contributed by atoms with Crippen LogP contribution in [0.1, 0.15) is 101 Å². The Morgan fingerprint density at radius 1 is 0.558 bits per heavy atom. The molecule has 3 aromatic carbocycles. The minimum absolute atomic E-state index is 0. The van der Waals surface area contributed by atoms with Gasteiger partial charge in [-0.15, -0.1) is 17.7 Å². The van der Waals surface area contributed by atoms with E-state index >= 15 is 0 Å². The standard InChI is InChI=1S/C27H37N2.C11H7N2.Au/c1-18(2)22-11-9-12-23(19(3)4)26(22)28-15-16-29(17-28)27-24(20(5)6)13-10-14-25(27)21(7)8;1-2-5-9-8(4-1)11-10(13-9)6-3-7-12-11;/h9-21H,1-8H3;1-7H;/q2*-1;. The van der Waals surface area contributed by atoms with Crippen LogP contribution in [0.3, 0.4) is 0 Å². The van der Waals surface area contributed by atoms with Gasteiger partial charge in [0.1, 0.15) is 0 Å². The number of anilines is 2. The van der Waals surface area contributed by atoms with Gasteiger partial charge < -0.3 is 14.8 Å². The third-order valence-corrected chi connectivity index (χ3v) is 8.02. The van der Waals surface area contributed by atoms with Crippen molar-refractivity contribution in [2.45, 2.75) is 79.1 Å². The molecule has 1 aliphatic heterocycles. The molecular weight excluding hydrogens is 709 g/mol. The van der Waals surface area contributed by atoms with Crippen molar-refractivity contribution in [3.05, 3.63) is 120 Å². The molecule has 229 valence electrons. The van der Waals surface area contributed by atoms with E-state index in [-0.39, 0.29) is 22.4 Å². The zero-order valence-electron chi connectivity index (χ0n) is 26.6. The fraction of sp³-hybridized carbons (Fsp3) is 0.316. The van der Waals surface area contributed by atoms with Gasteiger partial charge in [-0.05, 0) is 69.8 Å². The number of rotatable bonds is 6. The van der Waals surface area contributed by atoms with Crippen molar-refractivity contribution in [1.29, 1.82) is 0 Å². The van der Waals surface area contributed by atoms with Crippen molar-refractivity contribution in [3.63, 3.8) is 0 Å². The van der Waals surface area contributed by atoms with E-state index in [1.807, 2.05) is 30.3 Å². The summed E-state index contributed by atoms with van der Waals surface area (Å²) in [5, 5.41) is 1.14. The Balaban J connectivity index is 0.000000250. The van der Waals surface area contributed by atoms with Gasteiger partial charge in [-0.3, -0.25) is 4.98 Å². The number of aromatic nitrogens is 2. The van der Waals surface area contributed by atoms with E-state index in [2.05, 4.69) is 137 Å². The van der Waals surface area contributed by atoms with Gasteiger partial charge in [0.2, 0.25) is 0 Å². The van der Waals surface area contributed by atoms with Crippen molar-refractivity contribution < 1.29 is 22.4 Å². The first-order chi connectivity index (χ1) is 20.2. The molecule has 0 unspecified atom stereocenters. The smallest absolute Gasteiger partial charge is 0.0543 e. The third-order valence-electron chi connectivity index (χ3n) is 8.02. The third kappa shape index (κ3) is 6.77. The molecule has 1 aliphatic rings. The molecule has 0 atom stereocenters. The SMILES string of the molecule is CC(C)c1cccc(C(C)C)c1N1C=CN(c2c(C(C)C)cccc2C(C)C)[CH-]1.[Au].c1ccc2c(c1)[n-]c1cccnc12. The zero-order chi connectivity index (χ0) is 30.0. The summed E-state index contributed by atoms with van der Waals surface area (Å²) in [5.41, 5.74) is 11.3. The molecule has 0 fully saturated rings. The van der Waals surface area contributed by atoms with Crippen molar-refractivity contribution >= 4 is 33.3 Å². The van der Waals surface area contributed by atoms with Gasteiger partial charge >= 0.3 is 0 Å². The second kappa shape index (κ2) is 14.0. The molecule has 0 N–H and O–H groups in total. The Hall–Kier alpha value is -3.31. The van der Waals surface area contributed by atoms with E-state index in [0.29, 0.717) is 23.7 Å². The van der Waals surface area contributed by atoms with E-state index in [1.54, 1.807) is 6.20 Å². The van der Waals surface area contributed by atoms with Crippen LogP contribution in [0, 0.1) is 6.67 Å². The van der Waals surface area contributed by atoms with Crippen LogP contribution < -0.4 is 14.8 Å². The second-order valence-electron chi connectivity index (χ2n) is 12.4. The van der Waals surface area contributed by atoms with Crippen molar-refractivity contribution in [2.24, 2.45) is 0 Å². The van der Waals surface area contributed by atoms with Gasteiger partial charge in [-0.1, -0.05) is 122 Å². The van der Waals surface area contributed by atoms with Crippen LogP contribution in [0.4, 0.5) is 11.4 Å². The molecule has 1 radical (unpaired) electrons. The number of para-hydroxylation sites is 3. The molecule has 6 rings (SSSR count). The molecule has 4 nitrogen and oxygen atoms in total. The Bertz CT molecular complexity index is 1520. The molecule has 0 spiro atoms. The first-order valence-corrected chi connectivity index (χ1v) is 15.3. The fourth-order valence-electron chi connectivity index (χ4n) is 5.83. The summed E-state index contributed by atoms with van der Waals surface area (Å²) in [4.78, 5) is 13.4. The van der Waals surface area contributed by atoms with Crippen LogP contribution in [0.25, 0.3) is 21.9 Å². The first-order valence-electron chi connectivity index (χ1n) is 15.3. The number of pyridine rings is 1. The van der Waals surface area contributed by atoms with E-state index < -0.39 is 0 Å². The van der Waals surface area contributed by atoms with Crippen molar-refractivity contribution in [1.82, 2.24) is 9.97 Å². The fourth-order valence-corrected chi connectivity index (χ4v) is 5.83. The average molecular weight is 754 g/mol. The van der Waals surface area contributed by atoms with E-state index in [0.717, 1.165) is 21.9 Å². The van der Waals surface area contributed by atoms with Crippen LogP contribution in [-0.2, 0) is 22.4 Å². The van der Waals surface area contributed by atoms with Gasteiger partial charge in [0.15, 0.2) is 0 Å². The summed E-state index contributed by atoms with van der Waals surface area (Å²) >= 11 is 0.